The summed E-state index contributed by atoms with van der Waals surface area (Å²) < 4.78 is 4.53. The minimum Gasteiger partial charge on any atom is -0.358 e. The Morgan fingerprint density at radius 2 is 1.78 bits per heavy atom. The van der Waals surface area contributed by atoms with Crippen molar-refractivity contribution < 1.29 is 0 Å². The van der Waals surface area contributed by atoms with Crippen molar-refractivity contribution in [1.82, 2.24) is 9.36 Å². The first kappa shape index (κ1) is 13.8. The molecule has 0 unspecified atom stereocenters. The number of anilines is 1. The zero-order chi connectivity index (χ0) is 13.1. The lowest BCUT2D eigenvalue weighted by molar-refractivity contribution is 0.255. The van der Waals surface area contributed by atoms with Gasteiger partial charge in [-0.1, -0.05) is 13.8 Å². The summed E-state index contributed by atoms with van der Waals surface area (Å²) in [5, 5.41) is 4.31. The fourth-order valence-corrected chi connectivity index (χ4v) is 3.54. The molecule has 0 radical (unpaired) electrons. The van der Waals surface area contributed by atoms with Gasteiger partial charge in [0.2, 0.25) is 5.13 Å². The third-order valence-electron chi connectivity index (χ3n) is 3.93. The average Bonchev–Trinajstić information content (AvgIpc) is 2.76. The zero-order valence-corrected chi connectivity index (χ0v) is 12.8. The van der Waals surface area contributed by atoms with Crippen LogP contribution in [0.3, 0.4) is 0 Å². The van der Waals surface area contributed by atoms with Crippen molar-refractivity contribution >= 4 is 16.7 Å². The van der Waals surface area contributed by atoms with Gasteiger partial charge in [-0.2, -0.15) is 4.37 Å². The average molecular weight is 267 g/mol. The van der Waals surface area contributed by atoms with Crippen LogP contribution in [-0.4, -0.2) is 15.4 Å². The lowest BCUT2D eigenvalue weighted by Gasteiger charge is -2.29. The van der Waals surface area contributed by atoms with Crippen LogP contribution in [0.2, 0.25) is 0 Å². The summed E-state index contributed by atoms with van der Waals surface area (Å²) in [4.78, 5) is 4.64. The molecule has 3 nitrogen and oxygen atoms in total. The van der Waals surface area contributed by atoms with Crippen LogP contribution in [-0.2, 0) is 0 Å². The SMILES string of the molecule is CC(C)Nc1nc(C2CCC(C(C)C)CC2)ns1. The van der Waals surface area contributed by atoms with E-state index < -0.39 is 0 Å². The van der Waals surface area contributed by atoms with E-state index >= 15 is 0 Å². The first-order valence-corrected chi connectivity index (χ1v) is 7.93. The molecule has 0 aromatic carbocycles. The monoisotopic (exact) mass is 267 g/mol. The van der Waals surface area contributed by atoms with Gasteiger partial charge in [0, 0.05) is 23.5 Å². The molecule has 1 aromatic heterocycles. The third-order valence-corrected chi connectivity index (χ3v) is 4.59. The summed E-state index contributed by atoms with van der Waals surface area (Å²) in [5.74, 6) is 3.41. The first-order chi connectivity index (χ1) is 8.56. The molecule has 0 bridgehead atoms. The standard InChI is InChI=1S/C14H25N3S/c1-9(2)11-5-7-12(8-6-11)13-16-14(18-17-13)15-10(3)4/h9-12H,5-8H2,1-4H3,(H,15,16,17). The molecule has 0 saturated heterocycles. The number of hydrogen-bond acceptors (Lipinski definition) is 4. The lowest BCUT2D eigenvalue weighted by atomic mass is 9.77. The quantitative estimate of drug-likeness (QED) is 0.884. The fourth-order valence-electron chi connectivity index (χ4n) is 2.75. The molecule has 1 aliphatic carbocycles. The molecule has 0 amide bonds. The molecule has 0 atom stereocenters. The van der Waals surface area contributed by atoms with Crippen molar-refractivity contribution in [2.75, 3.05) is 5.32 Å². The van der Waals surface area contributed by atoms with Gasteiger partial charge in [0.1, 0.15) is 5.82 Å². The Morgan fingerprint density at radius 3 is 2.33 bits per heavy atom. The van der Waals surface area contributed by atoms with E-state index in [1.165, 1.54) is 37.2 Å². The van der Waals surface area contributed by atoms with Gasteiger partial charge in [-0.25, -0.2) is 4.98 Å². The van der Waals surface area contributed by atoms with Crippen molar-refractivity contribution in [3.05, 3.63) is 5.82 Å². The highest BCUT2D eigenvalue weighted by Crippen LogP contribution is 2.38. The molecule has 2 rings (SSSR count). The number of aromatic nitrogens is 2. The number of nitrogens with zero attached hydrogens (tertiary/aromatic N) is 2. The summed E-state index contributed by atoms with van der Waals surface area (Å²) in [6.45, 7) is 8.96. The predicted molar refractivity (Wildman–Crippen MR) is 78.2 cm³/mol. The smallest absolute Gasteiger partial charge is 0.202 e. The van der Waals surface area contributed by atoms with Gasteiger partial charge in [-0.15, -0.1) is 0 Å². The Hall–Kier alpha value is -0.640. The zero-order valence-electron chi connectivity index (χ0n) is 11.9. The van der Waals surface area contributed by atoms with Gasteiger partial charge in [0.15, 0.2) is 0 Å². The van der Waals surface area contributed by atoms with E-state index in [9.17, 15) is 0 Å². The minimum atomic E-state index is 0.433. The number of rotatable bonds is 4. The van der Waals surface area contributed by atoms with Crippen molar-refractivity contribution in [2.24, 2.45) is 11.8 Å². The lowest BCUT2D eigenvalue weighted by Crippen LogP contribution is -2.18. The van der Waals surface area contributed by atoms with Gasteiger partial charge < -0.3 is 5.32 Å². The number of hydrogen-bond donors (Lipinski definition) is 1. The molecule has 1 aliphatic rings. The topological polar surface area (TPSA) is 37.8 Å². The van der Waals surface area contributed by atoms with Crippen LogP contribution in [0.1, 0.15) is 65.1 Å². The van der Waals surface area contributed by atoms with Crippen LogP contribution >= 0.6 is 11.5 Å². The molecule has 0 aliphatic heterocycles. The number of nitrogens with one attached hydrogen (secondary N) is 1. The Bertz CT molecular complexity index is 365. The fraction of sp³-hybridized carbons (Fsp3) is 0.857. The van der Waals surface area contributed by atoms with Gasteiger partial charge in [0.05, 0.1) is 0 Å². The summed E-state index contributed by atoms with van der Waals surface area (Å²) in [6, 6.07) is 0.433. The maximum Gasteiger partial charge on any atom is 0.202 e. The van der Waals surface area contributed by atoms with Crippen molar-refractivity contribution in [3.63, 3.8) is 0 Å². The first-order valence-electron chi connectivity index (χ1n) is 7.16. The van der Waals surface area contributed by atoms with Gasteiger partial charge in [-0.05, 0) is 51.4 Å². The molecule has 0 spiro atoms. The molecule has 1 aromatic rings. The van der Waals surface area contributed by atoms with E-state index in [-0.39, 0.29) is 0 Å². The second-order valence-corrected chi connectivity index (χ2v) is 6.86. The summed E-state index contributed by atoms with van der Waals surface area (Å²) in [6.07, 6.45) is 5.21. The second kappa shape index (κ2) is 6.00. The third kappa shape index (κ3) is 3.44. The second-order valence-electron chi connectivity index (χ2n) is 6.11. The summed E-state index contributed by atoms with van der Waals surface area (Å²) in [7, 11) is 0. The van der Waals surface area contributed by atoms with E-state index in [2.05, 4.69) is 42.4 Å². The van der Waals surface area contributed by atoms with Crippen LogP contribution in [0.4, 0.5) is 5.13 Å². The van der Waals surface area contributed by atoms with Gasteiger partial charge in [0.25, 0.3) is 0 Å². The van der Waals surface area contributed by atoms with Crippen LogP contribution < -0.4 is 5.32 Å². The molecule has 4 heteroatoms. The summed E-state index contributed by atoms with van der Waals surface area (Å²) >= 11 is 1.51. The van der Waals surface area contributed by atoms with Gasteiger partial charge >= 0.3 is 0 Å². The molecule has 1 fully saturated rings. The van der Waals surface area contributed by atoms with Crippen molar-refractivity contribution in [3.8, 4) is 0 Å². The van der Waals surface area contributed by atoms with E-state index in [1.807, 2.05) is 0 Å². The van der Waals surface area contributed by atoms with Crippen molar-refractivity contribution in [2.45, 2.75) is 65.3 Å². The normalized spacial score (nSPS) is 24.8. The predicted octanol–water partition coefficient (Wildman–Crippen LogP) is 4.29. The Labute approximate surface area is 115 Å². The maximum atomic E-state index is 4.64. The Balaban J connectivity index is 1.91. The molecular weight excluding hydrogens is 242 g/mol. The van der Waals surface area contributed by atoms with Crippen LogP contribution in [0, 0.1) is 11.8 Å². The molecule has 1 N–H and O–H groups in total. The Kier molecular flexibility index (Phi) is 4.60. The summed E-state index contributed by atoms with van der Waals surface area (Å²) in [5.41, 5.74) is 0. The van der Waals surface area contributed by atoms with Gasteiger partial charge in [-0.3, -0.25) is 0 Å². The van der Waals surface area contributed by atoms with E-state index in [1.54, 1.807) is 0 Å². The molecule has 1 saturated carbocycles. The van der Waals surface area contributed by atoms with Crippen LogP contribution in [0.15, 0.2) is 0 Å². The van der Waals surface area contributed by atoms with E-state index in [0.29, 0.717) is 12.0 Å². The highest BCUT2D eigenvalue weighted by atomic mass is 32.1. The van der Waals surface area contributed by atoms with E-state index in [4.69, 9.17) is 0 Å². The minimum absolute atomic E-state index is 0.433. The van der Waals surface area contributed by atoms with Crippen LogP contribution in [0.25, 0.3) is 0 Å². The van der Waals surface area contributed by atoms with Crippen LogP contribution in [0.5, 0.6) is 0 Å². The molecule has 18 heavy (non-hydrogen) atoms. The molecule has 1 heterocycles. The molecule has 102 valence electrons. The highest BCUT2D eigenvalue weighted by molar-refractivity contribution is 7.09. The maximum absolute atomic E-state index is 4.64. The molecular formula is C14H25N3S. The van der Waals surface area contributed by atoms with Crippen molar-refractivity contribution in [1.29, 1.82) is 0 Å². The Morgan fingerprint density at radius 1 is 1.11 bits per heavy atom. The highest BCUT2D eigenvalue weighted by Gasteiger charge is 2.26. The van der Waals surface area contributed by atoms with E-state index in [0.717, 1.165) is 22.8 Å². The largest absolute Gasteiger partial charge is 0.358 e.